The molecule has 18 heavy (non-hydrogen) atoms. The van der Waals surface area contributed by atoms with Crippen molar-refractivity contribution in [3.05, 3.63) is 0 Å². The lowest BCUT2D eigenvalue weighted by Crippen LogP contribution is -2.44. The van der Waals surface area contributed by atoms with Crippen molar-refractivity contribution in [1.29, 1.82) is 0 Å². The molecule has 3 aliphatic rings. The average Bonchev–Trinajstić information content (AvgIpc) is 3.02. The van der Waals surface area contributed by atoms with Crippen LogP contribution in [0.4, 0.5) is 0 Å². The molecule has 2 N–H and O–H groups in total. The maximum Gasteiger partial charge on any atom is 0.157 e. The Balaban J connectivity index is 1.51. The van der Waals surface area contributed by atoms with Gasteiger partial charge in [-0.25, -0.2) is 0 Å². The van der Waals surface area contributed by atoms with Crippen molar-refractivity contribution in [2.45, 2.75) is 44.9 Å². The van der Waals surface area contributed by atoms with Gasteiger partial charge in [-0.15, -0.1) is 0 Å². The number of nitrogens with one attached hydrogen (secondary N) is 1. The van der Waals surface area contributed by atoms with Gasteiger partial charge < -0.3 is 19.9 Å². The molecule has 1 aliphatic carbocycles. The highest BCUT2D eigenvalue weighted by Gasteiger charge is 2.65. The van der Waals surface area contributed by atoms with Crippen LogP contribution in [0.1, 0.15) is 32.6 Å². The van der Waals surface area contributed by atoms with Crippen LogP contribution in [0.25, 0.3) is 0 Å². The zero-order valence-corrected chi connectivity index (χ0v) is 11.2. The van der Waals surface area contributed by atoms with Crippen LogP contribution < -0.4 is 5.32 Å². The lowest BCUT2D eigenvalue weighted by molar-refractivity contribution is -0.166. The Kier molecular flexibility index (Phi) is 3.63. The molecule has 0 aromatic carbocycles. The zero-order chi connectivity index (χ0) is 12.6. The van der Waals surface area contributed by atoms with E-state index >= 15 is 0 Å². The first-order valence-corrected chi connectivity index (χ1v) is 7.34. The second-order valence-corrected chi connectivity index (χ2v) is 6.19. The smallest absolute Gasteiger partial charge is 0.157 e. The molecular weight excluding hydrogens is 230 g/mol. The van der Waals surface area contributed by atoms with E-state index in [1.807, 2.05) is 0 Å². The molecular formula is C14H25NO3. The fourth-order valence-corrected chi connectivity index (χ4v) is 4.00. The number of hydrogen-bond acceptors (Lipinski definition) is 4. The highest BCUT2D eigenvalue weighted by molar-refractivity contribution is 5.15. The van der Waals surface area contributed by atoms with E-state index in [1.54, 1.807) is 0 Å². The van der Waals surface area contributed by atoms with E-state index in [4.69, 9.17) is 9.47 Å². The normalized spacial score (nSPS) is 47.7. The summed E-state index contributed by atoms with van der Waals surface area (Å²) in [6, 6.07) is 0.247. The molecule has 2 saturated heterocycles. The highest BCUT2D eigenvalue weighted by atomic mass is 16.7. The number of fused-ring (bicyclic) bond motifs is 1. The van der Waals surface area contributed by atoms with Gasteiger partial charge in [0.15, 0.2) is 6.29 Å². The zero-order valence-electron chi connectivity index (χ0n) is 11.2. The van der Waals surface area contributed by atoms with E-state index in [2.05, 4.69) is 12.2 Å². The molecule has 0 amide bonds. The number of piperidine rings is 1. The van der Waals surface area contributed by atoms with Crippen molar-refractivity contribution in [2.24, 2.45) is 17.3 Å². The molecule has 1 saturated carbocycles. The Morgan fingerprint density at radius 1 is 1.39 bits per heavy atom. The summed E-state index contributed by atoms with van der Waals surface area (Å²) in [7, 11) is 0. The molecule has 0 radical (unpaired) electrons. The lowest BCUT2D eigenvalue weighted by Gasteiger charge is -2.29. The van der Waals surface area contributed by atoms with Crippen LogP contribution in [0, 0.1) is 17.3 Å². The van der Waals surface area contributed by atoms with Crippen LogP contribution in [-0.2, 0) is 9.47 Å². The maximum atomic E-state index is 9.46. The molecule has 2 heterocycles. The van der Waals surface area contributed by atoms with Crippen LogP contribution in [-0.4, -0.2) is 43.8 Å². The summed E-state index contributed by atoms with van der Waals surface area (Å²) in [5, 5.41) is 12.9. The molecule has 5 atom stereocenters. The molecule has 2 aliphatic heterocycles. The monoisotopic (exact) mass is 255 g/mol. The molecule has 0 aromatic heterocycles. The van der Waals surface area contributed by atoms with Gasteiger partial charge in [0, 0.05) is 12.6 Å². The lowest BCUT2D eigenvalue weighted by atomic mass is 9.91. The quantitative estimate of drug-likeness (QED) is 0.791. The van der Waals surface area contributed by atoms with Crippen LogP contribution in [0.3, 0.4) is 0 Å². The predicted octanol–water partition coefficient (Wildman–Crippen LogP) is 1.14. The van der Waals surface area contributed by atoms with Crippen LogP contribution in [0.15, 0.2) is 0 Å². The van der Waals surface area contributed by atoms with Gasteiger partial charge >= 0.3 is 0 Å². The molecule has 0 spiro atoms. The second-order valence-electron chi connectivity index (χ2n) is 6.19. The van der Waals surface area contributed by atoms with Crippen molar-refractivity contribution in [2.75, 3.05) is 26.4 Å². The van der Waals surface area contributed by atoms with Gasteiger partial charge in [-0.2, -0.15) is 0 Å². The first-order chi connectivity index (χ1) is 8.76. The maximum absolute atomic E-state index is 9.46. The van der Waals surface area contributed by atoms with Gasteiger partial charge in [0.05, 0.1) is 13.2 Å². The van der Waals surface area contributed by atoms with E-state index in [1.165, 1.54) is 19.3 Å². The van der Waals surface area contributed by atoms with Gasteiger partial charge in [-0.05, 0) is 49.5 Å². The van der Waals surface area contributed by atoms with Crippen molar-refractivity contribution in [3.8, 4) is 0 Å². The average molecular weight is 255 g/mol. The molecule has 5 unspecified atom stereocenters. The summed E-state index contributed by atoms with van der Waals surface area (Å²) in [6.07, 6.45) is 4.66. The van der Waals surface area contributed by atoms with Crippen LogP contribution >= 0.6 is 0 Å². The summed E-state index contributed by atoms with van der Waals surface area (Å²) >= 11 is 0. The fourth-order valence-electron chi connectivity index (χ4n) is 4.00. The number of ether oxygens (including phenoxy) is 2. The summed E-state index contributed by atoms with van der Waals surface area (Å²) in [4.78, 5) is 0. The molecule has 4 nitrogen and oxygen atoms in total. The minimum absolute atomic E-state index is 0.0190. The van der Waals surface area contributed by atoms with Crippen LogP contribution in [0.5, 0.6) is 0 Å². The fraction of sp³-hybridized carbons (Fsp3) is 1.00. The number of rotatable bonds is 4. The van der Waals surface area contributed by atoms with Gasteiger partial charge in [-0.1, -0.05) is 6.92 Å². The number of aliphatic hydroxyl groups is 1. The van der Waals surface area contributed by atoms with Gasteiger partial charge in [0.25, 0.3) is 0 Å². The molecule has 3 rings (SSSR count). The minimum Gasteiger partial charge on any atom is -0.395 e. The van der Waals surface area contributed by atoms with E-state index in [-0.39, 0.29) is 24.4 Å². The SMILES string of the molecule is CC12C(CO)NCCC1C2COC1CCCCO1. The molecule has 104 valence electrons. The first-order valence-electron chi connectivity index (χ1n) is 7.34. The van der Waals surface area contributed by atoms with Crippen molar-refractivity contribution < 1.29 is 14.6 Å². The third kappa shape index (κ3) is 2.09. The van der Waals surface area contributed by atoms with E-state index in [0.717, 1.165) is 32.1 Å². The van der Waals surface area contributed by atoms with E-state index in [0.29, 0.717) is 5.92 Å². The van der Waals surface area contributed by atoms with E-state index < -0.39 is 0 Å². The topological polar surface area (TPSA) is 50.7 Å². The Morgan fingerprint density at radius 3 is 3.00 bits per heavy atom. The molecule has 0 aromatic rings. The molecule has 4 heteroatoms. The Hall–Kier alpha value is -0.160. The third-order valence-electron chi connectivity index (χ3n) is 5.35. The summed E-state index contributed by atoms with van der Waals surface area (Å²) in [5.41, 5.74) is 0.238. The highest BCUT2D eigenvalue weighted by Crippen LogP contribution is 2.63. The Bertz CT molecular complexity index is 293. The van der Waals surface area contributed by atoms with Crippen molar-refractivity contribution in [1.82, 2.24) is 5.32 Å². The number of hydrogen-bond donors (Lipinski definition) is 2. The molecule has 3 fully saturated rings. The minimum atomic E-state index is 0.0190. The van der Waals surface area contributed by atoms with Crippen molar-refractivity contribution >= 4 is 0 Å². The first kappa shape index (κ1) is 12.9. The van der Waals surface area contributed by atoms with Gasteiger partial charge in [0.1, 0.15) is 0 Å². The summed E-state index contributed by atoms with van der Waals surface area (Å²) in [6.45, 7) is 5.20. The van der Waals surface area contributed by atoms with Crippen LogP contribution in [0.2, 0.25) is 0 Å². The van der Waals surface area contributed by atoms with E-state index in [9.17, 15) is 5.11 Å². The van der Waals surface area contributed by atoms with Gasteiger partial charge in [0.2, 0.25) is 0 Å². The molecule has 0 bridgehead atoms. The summed E-state index contributed by atoms with van der Waals surface area (Å²) in [5.74, 6) is 1.31. The standard InChI is InChI=1S/C14H25NO3/c1-14-10(5-6-15-12(14)8-16)11(14)9-18-13-4-2-3-7-17-13/h10-13,15-16H,2-9H2,1H3. The third-order valence-corrected chi connectivity index (χ3v) is 5.35. The van der Waals surface area contributed by atoms with Gasteiger partial charge in [-0.3, -0.25) is 0 Å². The summed E-state index contributed by atoms with van der Waals surface area (Å²) < 4.78 is 11.5. The largest absolute Gasteiger partial charge is 0.395 e. The Morgan fingerprint density at radius 2 is 2.28 bits per heavy atom. The van der Waals surface area contributed by atoms with Crippen molar-refractivity contribution in [3.63, 3.8) is 0 Å². The Labute approximate surface area is 109 Å². The second kappa shape index (κ2) is 5.08. The number of aliphatic hydroxyl groups excluding tert-OH is 1. The predicted molar refractivity (Wildman–Crippen MR) is 68.1 cm³/mol.